The molecule has 2 saturated heterocycles. The van der Waals surface area contributed by atoms with Crippen LogP contribution in [0.1, 0.15) is 12.8 Å². The van der Waals surface area contributed by atoms with E-state index in [0.717, 1.165) is 0 Å². The fraction of sp³-hybridized carbons (Fsp3) is 0.438. The molecule has 0 aliphatic carbocycles. The number of anilines is 1. The average molecular weight is 386 g/mol. The van der Waals surface area contributed by atoms with Crippen LogP contribution in [0, 0.1) is 0 Å². The molecule has 0 aromatic heterocycles. The number of imide groups is 1. The first-order chi connectivity index (χ1) is 12.0. The highest BCUT2D eigenvalue weighted by Crippen LogP contribution is 2.25. The second kappa shape index (κ2) is 7.59. The van der Waals surface area contributed by atoms with Crippen LogP contribution < -0.4 is 5.32 Å². The lowest BCUT2D eigenvalue weighted by Crippen LogP contribution is -2.55. The van der Waals surface area contributed by atoms with E-state index in [1.807, 2.05) is 0 Å². The summed E-state index contributed by atoms with van der Waals surface area (Å²) in [7, 11) is 0. The Labute approximate surface area is 154 Å². The summed E-state index contributed by atoms with van der Waals surface area (Å²) in [5.41, 5.74) is 0.556. The van der Waals surface area contributed by atoms with Crippen LogP contribution in [0.5, 0.6) is 0 Å². The van der Waals surface area contributed by atoms with Gasteiger partial charge in [0.15, 0.2) is 0 Å². The Balaban J connectivity index is 1.56. The average Bonchev–Trinajstić information content (AvgIpc) is 2.58. The van der Waals surface area contributed by atoms with Crippen LogP contribution in [0.25, 0.3) is 0 Å². The zero-order valence-electron chi connectivity index (χ0n) is 13.3. The van der Waals surface area contributed by atoms with Crippen molar-refractivity contribution in [3.63, 3.8) is 0 Å². The SMILES string of the molecule is O=C(Nc1ccc(Cl)c(Cl)c1)N1CCC(N2C(=O)COCC2=O)CC1. The summed E-state index contributed by atoms with van der Waals surface area (Å²) in [6.45, 7) is 0.777. The minimum Gasteiger partial charge on any atom is -0.362 e. The van der Waals surface area contributed by atoms with E-state index in [1.165, 1.54) is 4.90 Å². The van der Waals surface area contributed by atoms with E-state index < -0.39 is 0 Å². The molecule has 0 unspecified atom stereocenters. The molecular weight excluding hydrogens is 369 g/mol. The number of piperidine rings is 1. The summed E-state index contributed by atoms with van der Waals surface area (Å²) in [5.74, 6) is -0.620. The first-order valence-electron chi connectivity index (χ1n) is 7.89. The molecule has 2 aliphatic heterocycles. The fourth-order valence-electron chi connectivity index (χ4n) is 3.01. The summed E-state index contributed by atoms with van der Waals surface area (Å²) in [5, 5.41) is 3.55. The second-order valence-electron chi connectivity index (χ2n) is 5.93. The number of ether oxygens (including phenoxy) is 1. The van der Waals surface area contributed by atoms with Crippen LogP contribution in [0.15, 0.2) is 18.2 Å². The van der Waals surface area contributed by atoms with Gasteiger partial charge in [0.25, 0.3) is 11.8 Å². The summed E-state index contributed by atoms with van der Waals surface area (Å²) in [4.78, 5) is 39.1. The Hall–Kier alpha value is -1.83. The Morgan fingerprint density at radius 3 is 2.32 bits per heavy atom. The number of likely N-dealkylation sites (tertiary alicyclic amines) is 1. The van der Waals surface area contributed by atoms with Crippen molar-refractivity contribution in [3.8, 4) is 0 Å². The van der Waals surface area contributed by atoms with E-state index in [1.54, 1.807) is 23.1 Å². The van der Waals surface area contributed by atoms with Crippen LogP contribution in [0.4, 0.5) is 10.5 Å². The maximum Gasteiger partial charge on any atom is 0.321 e. The number of carbonyl (C=O) groups excluding carboxylic acids is 3. The van der Waals surface area contributed by atoms with Crippen LogP contribution in [-0.4, -0.2) is 60.0 Å². The van der Waals surface area contributed by atoms with Gasteiger partial charge in [0.1, 0.15) is 13.2 Å². The maximum absolute atomic E-state index is 12.3. The zero-order valence-corrected chi connectivity index (χ0v) is 14.8. The summed E-state index contributed by atoms with van der Waals surface area (Å²) < 4.78 is 4.92. The van der Waals surface area contributed by atoms with Crippen molar-refractivity contribution < 1.29 is 19.1 Å². The fourth-order valence-corrected chi connectivity index (χ4v) is 3.31. The number of hydrogen-bond acceptors (Lipinski definition) is 4. The van der Waals surface area contributed by atoms with Crippen molar-refractivity contribution in [1.29, 1.82) is 0 Å². The smallest absolute Gasteiger partial charge is 0.321 e. The molecule has 0 radical (unpaired) electrons. The lowest BCUT2D eigenvalue weighted by atomic mass is 10.0. The molecule has 25 heavy (non-hydrogen) atoms. The minimum absolute atomic E-state index is 0.0657. The van der Waals surface area contributed by atoms with Gasteiger partial charge in [0, 0.05) is 24.8 Å². The number of amides is 4. The number of nitrogens with one attached hydrogen (secondary N) is 1. The van der Waals surface area contributed by atoms with Crippen molar-refractivity contribution in [1.82, 2.24) is 9.80 Å². The molecule has 0 saturated carbocycles. The van der Waals surface area contributed by atoms with Gasteiger partial charge in [0.05, 0.1) is 10.0 Å². The van der Waals surface area contributed by atoms with Crippen LogP contribution >= 0.6 is 23.2 Å². The van der Waals surface area contributed by atoms with Crippen molar-refractivity contribution in [3.05, 3.63) is 28.2 Å². The molecule has 0 bridgehead atoms. The predicted octanol–water partition coefficient (Wildman–Crippen LogP) is 2.38. The number of halogens is 2. The van der Waals surface area contributed by atoms with E-state index in [9.17, 15) is 14.4 Å². The molecule has 7 nitrogen and oxygen atoms in total. The van der Waals surface area contributed by atoms with Gasteiger partial charge in [-0.05, 0) is 31.0 Å². The Kier molecular flexibility index (Phi) is 5.46. The number of hydrogen-bond donors (Lipinski definition) is 1. The van der Waals surface area contributed by atoms with Gasteiger partial charge in [-0.1, -0.05) is 23.2 Å². The number of carbonyl (C=O) groups is 3. The third-order valence-electron chi connectivity index (χ3n) is 4.28. The quantitative estimate of drug-likeness (QED) is 0.792. The first kappa shape index (κ1) is 18.0. The second-order valence-corrected chi connectivity index (χ2v) is 6.74. The molecule has 3 rings (SSSR count). The molecule has 1 aromatic carbocycles. The predicted molar refractivity (Wildman–Crippen MR) is 92.7 cm³/mol. The molecule has 0 atom stereocenters. The summed E-state index contributed by atoms with van der Waals surface area (Å²) >= 11 is 11.8. The highest BCUT2D eigenvalue weighted by atomic mass is 35.5. The first-order valence-corrected chi connectivity index (χ1v) is 8.65. The molecule has 2 heterocycles. The molecule has 2 aliphatic rings. The van der Waals surface area contributed by atoms with E-state index >= 15 is 0 Å². The highest BCUT2D eigenvalue weighted by Gasteiger charge is 2.35. The molecule has 4 amide bonds. The molecule has 9 heteroatoms. The Morgan fingerprint density at radius 1 is 1.08 bits per heavy atom. The topological polar surface area (TPSA) is 79.0 Å². The largest absolute Gasteiger partial charge is 0.362 e. The minimum atomic E-state index is -0.310. The molecule has 1 aromatic rings. The van der Waals surface area contributed by atoms with Gasteiger partial charge in [-0.2, -0.15) is 0 Å². The van der Waals surface area contributed by atoms with Crippen molar-refractivity contribution in [2.45, 2.75) is 18.9 Å². The molecule has 2 fully saturated rings. The lowest BCUT2D eigenvalue weighted by Gasteiger charge is -2.38. The molecule has 134 valence electrons. The van der Waals surface area contributed by atoms with Crippen LogP contribution in [-0.2, 0) is 14.3 Å². The van der Waals surface area contributed by atoms with E-state index in [4.69, 9.17) is 27.9 Å². The van der Waals surface area contributed by atoms with Gasteiger partial charge in [-0.15, -0.1) is 0 Å². The van der Waals surface area contributed by atoms with Gasteiger partial charge in [0.2, 0.25) is 0 Å². The van der Waals surface area contributed by atoms with Crippen molar-refractivity contribution >= 4 is 46.7 Å². The third-order valence-corrected chi connectivity index (χ3v) is 5.02. The number of urea groups is 1. The molecular formula is C16H17Cl2N3O4. The molecule has 0 spiro atoms. The van der Waals surface area contributed by atoms with Crippen LogP contribution in [0.3, 0.4) is 0 Å². The summed E-state index contributed by atoms with van der Waals surface area (Å²) in [6.07, 6.45) is 1.10. The van der Waals surface area contributed by atoms with E-state index in [2.05, 4.69) is 5.32 Å². The standard InChI is InChI=1S/C16H17Cl2N3O4/c17-12-2-1-10(7-13(12)18)19-16(24)20-5-3-11(4-6-20)21-14(22)8-25-9-15(21)23/h1-2,7,11H,3-6,8-9H2,(H,19,24). The normalized spacial score (nSPS) is 19.3. The number of benzene rings is 1. The lowest BCUT2D eigenvalue weighted by molar-refractivity contribution is -0.162. The van der Waals surface area contributed by atoms with Crippen LogP contribution in [0.2, 0.25) is 10.0 Å². The Bertz CT molecular complexity index is 689. The zero-order chi connectivity index (χ0) is 18.0. The number of nitrogens with zero attached hydrogens (tertiary/aromatic N) is 2. The van der Waals surface area contributed by atoms with Crippen molar-refractivity contribution in [2.75, 3.05) is 31.6 Å². The third kappa shape index (κ3) is 4.05. The van der Waals surface area contributed by atoms with Crippen molar-refractivity contribution in [2.24, 2.45) is 0 Å². The Morgan fingerprint density at radius 2 is 1.72 bits per heavy atom. The summed E-state index contributed by atoms with van der Waals surface area (Å²) in [6, 6.07) is 4.43. The number of rotatable bonds is 2. The van der Waals surface area contributed by atoms with Gasteiger partial charge in [-0.25, -0.2) is 4.79 Å². The van der Waals surface area contributed by atoms with Gasteiger partial charge in [-0.3, -0.25) is 14.5 Å². The van der Waals surface area contributed by atoms with Gasteiger partial charge >= 0.3 is 6.03 Å². The monoisotopic (exact) mass is 385 g/mol. The maximum atomic E-state index is 12.3. The van der Waals surface area contributed by atoms with Gasteiger partial charge < -0.3 is 15.0 Å². The molecule has 1 N–H and O–H groups in total. The van der Waals surface area contributed by atoms with E-state index in [-0.39, 0.29) is 37.1 Å². The number of morpholine rings is 1. The highest BCUT2D eigenvalue weighted by molar-refractivity contribution is 6.42. The van der Waals surface area contributed by atoms with E-state index in [0.29, 0.717) is 41.7 Å².